The SMILES string of the molecule is Brc1ccc2sc3cc4sc5ccc(Br)cc5c4cc3c2c1.C.O[B]Oc1ccc2oc3ccc(-c4ccccc4)cc3c2c1.c1ccc(-c2ccc3oc4ccc(-c5ccc6sc7cc8sc9ccc(-c%10ccc%11oc%12ccc(-c%13ccccc%13)cc%12c%11c%10)cc9c8cc7c6c5)cc4c3c2)cc1. The van der Waals surface area contributed by atoms with Crippen LogP contribution in [0, 0.1) is 0 Å². The summed E-state index contributed by atoms with van der Waals surface area (Å²) < 4.78 is 36.5. The number of furan rings is 3. The van der Waals surface area contributed by atoms with Crippen molar-refractivity contribution in [2.24, 2.45) is 0 Å². The largest absolute Gasteiger partial charge is 0.569 e. The summed E-state index contributed by atoms with van der Waals surface area (Å²) in [5, 5.41) is 25.9. The molecule has 5 nitrogen and oxygen atoms in total. The van der Waals surface area contributed by atoms with Crippen LogP contribution in [0.15, 0.2) is 319 Å². The van der Waals surface area contributed by atoms with E-state index in [1.54, 1.807) is 6.07 Å². The van der Waals surface area contributed by atoms with Crippen molar-refractivity contribution in [2.45, 2.75) is 7.43 Å². The normalized spacial score (nSPS) is 11.8. The van der Waals surface area contributed by atoms with Gasteiger partial charge in [0, 0.05) is 122 Å². The van der Waals surface area contributed by atoms with Crippen molar-refractivity contribution in [1.82, 2.24) is 0 Å². The van der Waals surface area contributed by atoms with Gasteiger partial charge >= 0.3 is 7.69 Å². The van der Waals surface area contributed by atoms with E-state index in [1.165, 1.54) is 125 Å². The summed E-state index contributed by atoms with van der Waals surface area (Å²) in [6.45, 7) is 0. The summed E-state index contributed by atoms with van der Waals surface area (Å²) in [6.07, 6.45) is 0. The lowest BCUT2D eigenvalue weighted by molar-refractivity contribution is 0.454. The number of hydrogen-bond acceptors (Lipinski definition) is 9. The second-order valence-electron chi connectivity index (χ2n) is 25.6. The maximum Gasteiger partial charge on any atom is 0.569 e. The summed E-state index contributed by atoms with van der Waals surface area (Å²) >= 11 is 14.7. The fourth-order valence-electron chi connectivity index (χ4n) is 14.6. The van der Waals surface area contributed by atoms with Crippen LogP contribution in [0.1, 0.15) is 7.43 Å². The highest BCUT2D eigenvalue weighted by Crippen LogP contribution is 2.47. The number of hydrogen-bond donors (Lipinski definition) is 1. The van der Waals surface area contributed by atoms with E-state index in [0.717, 1.165) is 85.9 Å². The van der Waals surface area contributed by atoms with Crippen molar-refractivity contribution < 1.29 is 22.9 Å². The zero-order valence-corrected chi connectivity index (χ0v) is 60.3. The lowest BCUT2D eigenvalue weighted by Crippen LogP contribution is -1.98. The Labute approximate surface area is 623 Å². The minimum atomic E-state index is 0. The first kappa shape index (κ1) is 63.3. The summed E-state index contributed by atoms with van der Waals surface area (Å²) in [7, 11) is 0.679. The predicted molar refractivity (Wildman–Crippen MR) is 451 cm³/mol. The molecule has 15 aromatic carbocycles. The molecule has 0 amide bonds. The van der Waals surface area contributed by atoms with E-state index in [4.69, 9.17) is 22.9 Å². The summed E-state index contributed by atoms with van der Waals surface area (Å²) in [5.41, 5.74) is 17.1. The smallest absolute Gasteiger partial charge is 0.537 e. The third-order valence-corrected chi connectivity index (χ3v) is 25.1. The van der Waals surface area contributed by atoms with Crippen molar-refractivity contribution in [2.75, 3.05) is 0 Å². The number of benzene rings is 15. The third kappa shape index (κ3) is 11.3. The first-order chi connectivity index (χ1) is 50.2. The maximum atomic E-state index is 8.78. The van der Waals surface area contributed by atoms with Crippen LogP contribution in [0.3, 0.4) is 0 Å². The van der Waals surface area contributed by atoms with Crippen LogP contribution in [-0.4, -0.2) is 12.7 Å². The highest BCUT2D eigenvalue weighted by molar-refractivity contribution is 9.10. The molecule has 0 spiro atoms. The molecule has 7 heterocycles. The number of rotatable bonds is 7. The zero-order chi connectivity index (χ0) is 67.7. The lowest BCUT2D eigenvalue weighted by Gasteiger charge is -2.04. The molecule has 0 saturated heterocycles. The first-order valence-corrected chi connectivity index (χ1v) is 38.2. The van der Waals surface area contributed by atoms with E-state index in [9.17, 15) is 0 Å². The Hall–Kier alpha value is -10.6. The van der Waals surface area contributed by atoms with E-state index in [0.29, 0.717) is 13.4 Å². The molecule has 0 aliphatic carbocycles. The molecule has 1 radical (unpaired) electrons. The highest BCUT2D eigenvalue weighted by Gasteiger charge is 2.19. The van der Waals surface area contributed by atoms with E-state index in [2.05, 4.69) is 287 Å². The Balaban J connectivity index is 0.000000132. The van der Waals surface area contributed by atoms with Crippen molar-refractivity contribution in [1.29, 1.82) is 0 Å². The van der Waals surface area contributed by atoms with Crippen LogP contribution in [0.4, 0.5) is 0 Å². The molecular weight excluding hydrogens is 1470 g/mol. The quantitative estimate of drug-likeness (QED) is 0.161. The predicted octanol–water partition coefficient (Wildman–Crippen LogP) is 29.6. The van der Waals surface area contributed by atoms with Crippen molar-refractivity contribution in [3.8, 4) is 61.4 Å². The average molecular weight is 1530 g/mol. The summed E-state index contributed by atoms with van der Waals surface area (Å²) in [4.78, 5) is 0. The third-order valence-electron chi connectivity index (χ3n) is 19.6. The van der Waals surface area contributed by atoms with Crippen LogP contribution in [0.25, 0.3) is 202 Å². The Kier molecular flexibility index (Phi) is 15.8. The number of thiophene rings is 4. The van der Waals surface area contributed by atoms with E-state index in [1.807, 2.05) is 81.7 Å². The van der Waals surface area contributed by atoms with Crippen molar-refractivity contribution in [3.63, 3.8) is 0 Å². The molecule has 489 valence electrons. The molecule has 0 saturated carbocycles. The zero-order valence-electron chi connectivity index (χ0n) is 53.8. The van der Waals surface area contributed by atoms with Crippen LogP contribution >= 0.6 is 77.2 Å². The fraction of sp³-hybridized carbons (Fsp3) is 0.0110. The number of halogens is 2. The second-order valence-corrected chi connectivity index (χ2v) is 31.8. The standard InChI is InChI=1S/C54H30O2S2.C18H12BO3.C18H8Br2S2.CH4/c1-3-7-31(8-4-1)33-11-17-47-39(23-33)41-25-35(13-19-49(41)55-47)37-15-21-51-43(27-37)45-29-46-44-28-38(16-22-52(44)58-54(46)30-53(45)57-51)36-14-20-50-42(26-36)40-24-34(12-18-48(40)56-50)32-9-5-2-6-10-32;20-19-22-14-7-9-18-16(11-14)15-10-13(6-8-17(15)21-18)12-4-2-1-3-5-12;19-9-1-3-15-11(5-9)13-7-14-12-6-10(20)2-4-16(12)22-18(14)8-17(13)21-15;/h1-30H;1-11,20H;1-8H;1H4. The van der Waals surface area contributed by atoms with Crippen LogP contribution < -0.4 is 4.65 Å². The van der Waals surface area contributed by atoms with Crippen LogP contribution in [0.2, 0.25) is 0 Å². The monoisotopic (exact) mass is 1520 g/mol. The Morgan fingerprint density at radius 2 is 0.485 bits per heavy atom. The minimum Gasteiger partial charge on any atom is -0.537 e. The minimum absolute atomic E-state index is 0. The number of fused-ring (bicyclic) bond motifs is 21. The van der Waals surface area contributed by atoms with Gasteiger partial charge in [-0.25, -0.2) is 0 Å². The van der Waals surface area contributed by atoms with Gasteiger partial charge in [0.15, 0.2) is 0 Å². The second kappa shape index (κ2) is 25.7. The van der Waals surface area contributed by atoms with E-state index < -0.39 is 0 Å². The lowest BCUT2D eigenvalue weighted by atomic mass is 9.98. The molecule has 7 aromatic heterocycles. The van der Waals surface area contributed by atoms with Gasteiger partial charge in [0.05, 0.1) is 0 Å². The molecule has 0 bridgehead atoms. The van der Waals surface area contributed by atoms with Gasteiger partial charge in [-0.05, 0) is 219 Å². The van der Waals surface area contributed by atoms with Gasteiger partial charge in [0.2, 0.25) is 0 Å². The van der Waals surface area contributed by atoms with Gasteiger partial charge in [0.25, 0.3) is 0 Å². The van der Waals surface area contributed by atoms with Gasteiger partial charge < -0.3 is 22.9 Å². The Bertz CT molecular complexity index is 6790. The van der Waals surface area contributed by atoms with Gasteiger partial charge in [-0.1, -0.05) is 173 Å². The molecule has 0 unspecified atom stereocenters. The molecule has 22 rings (SSSR count). The summed E-state index contributed by atoms with van der Waals surface area (Å²) in [6, 6.07) is 106. The van der Waals surface area contributed by atoms with Gasteiger partial charge in [-0.15, -0.1) is 45.3 Å². The first-order valence-electron chi connectivity index (χ1n) is 33.4. The topological polar surface area (TPSA) is 68.9 Å². The summed E-state index contributed by atoms with van der Waals surface area (Å²) in [5.74, 6) is 0.572. The maximum absolute atomic E-state index is 8.78. The highest BCUT2D eigenvalue weighted by atomic mass is 79.9. The fourth-order valence-corrected chi connectivity index (χ4v) is 19.9. The van der Waals surface area contributed by atoms with E-state index >= 15 is 0 Å². The Morgan fingerprint density at radius 1 is 0.233 bits per heavy atom. The molecule has 0 aliphatic rings. The molecular formula is C91H54BBr2O5S4. The molecule has 0 atom stereocenters. The molecule has 22 aromatic rings. The molecule has 0 fully saturated rings. The molecule has 0 aliphatic heterocycles. The van der Waals surface area contributed by atoms with Crippen LogP contribution in [-0.2, 0) is 0 Å². The molecule has 1 N–H and O–H groups in total. The van der Waals surface area contributed by atoms with E-state index in [-0.39, 0.29) is 7.43 Å². The average Bonchev–Trinajstić information content (AvgIpc) is 1.59. The van der Waals surface area contributed by atoms with Crippen LogP contribution in [0.5, 0.6) is 5.75 Å². The molecule has 103 heavy (non-hydrogen) atoms. The molecule has 12 heteroatoms. The van der Waals surface area contributed by atoms with Crippen molar-refractivity contribution >= 4 is 231 Å². The Morgan fingerprint density at radius 3 is 0.806 bits per heavy atom. The van der Waals surface area contributed by atoms with Crippen molar-refractivity contribution in [3.05, 3.63) is 306 Å². The van der Waals surface area contributed by atoms with Gasteiger partial charge in [-0.3, -0.25) is 0 Å². The van der Waals surface area contributed by atoms with Gasteiger partial charge in [0.1, 0.15) is 39.2 Å². The van der Waals surface area contributed by atoms with Gasteiger partial charge in [-0.2, -0.15) is 0 Å².